The number of hydrogen-bond acceptors (Lipinski definition) is 6. The van der Waals surface area contributed by atoms with Crippen molar-refractivity contribution in [3.63, 3.8) is 0 Å². The summed E-state index contributed by atoms with van der Waals surface area (Å²) < 4.78 is 16.9. The highest BCUT2D eigenvalue weighted by atomic mass is 16.6. The van der Waals surface area contributed by atoms with E-state index in [9.17, 15) is 14.4 Å². The highest BCUT2D eigenvalue weighted by Gasteiger charge is 2.19. The van der Waals surface area contributed by atoms with Gasteiger partial charge in [0.2, 0.25) is 0 Å². The molecule has 0 radical (unpaired) electrons. The van der Waals surface area contributed by atoms with Crippen molar-refractivity contribution in [3.05, 3.63) is 85.1 Å². The van der Waals surface area contributed by atoms with Crippen LogP contribution in [-0.2, 0) is 28.6 Å². The zero-order valence-electron chi connectivity index (χ0n) is 48.1. The van der Waals surface area contributed by atoms with Crippen LogP contribution in [0.4, 0.5) is 0 Å². The fraction of sp³-hybridized carbons (Fsp3) is 0.746. The molecule has 0 saturated carbocycles. The third-order valence-corrected chi connectivity index (χ3v) is 13.4. The summed E-state index contributed by atoms with van der Waals surface area (Å²) in [5.74, 6) is -0.885. The first-order chi connectivity index (χ1) is 36.0. The van der Waals surface area contributed by atoms with E-state index in [0.717, 1.165) is 109 Å². The molecular formula is C67H116O6. The Morgan fingerprint density at radius 1 is 0.288 bits per heavy atom. The third kappa shape index (κ3) is 59.3. The van der Waals surface area contributed by atoms with Gasteiger partial charge in [0.1, 0.15) is 13.2 Å². The normalized spacial score (nSPS) is 12.6. The molecule has 0 aromatic heterocycles. The standard InChI is InChI=1S/C67H116O6/c1-4-7-10-13-16-19-22-25-27-28-29-30-31-32-33-34-35-36-37-38-40-42-45-48-51-54-57-60-66(69)72-63-64(62-71-65(68)59-56-53-50-47-44-41-24-21-18-15-12-9-6-3)73-67(70)61-58-55-52-49-46-43-39-26-23-20-17-14-11-8-5-2/h7,10,16,19,21,24-25,27,29-30,32-33,35-36,64H,4-6,8-9,11-15,17-18,20,22-23,26,28,31,34,37-63H2,1-3H3/b10-7-,19-16-,24-21-,27-25-,30-29-,33-32-,36-35-. The first-order valence-corrected chi connectivity index (χ1v) is 31.1. The third-order valence-electron chi connectivity index (χ3n) is 13.4. The molecule has 0 spiro atoms. The van der Waals surface area contributed by atoms with Crippen molar-refractivity contribution in [3.8, 4) is 0 Å². The van der Waals surface area contributed by atoms with Gasteiger partial charge in [-0.2, -0.15) is 0 Å². The molecule has 0 aromatic rings. The predicted octanol–water partition coefficient (Wildman–Crippen LogP) is 21.1. The summed E-state index contributed by atoms with van der Waals surface area (Å²) in [6.07, 6.45) is 80.1. The van der Waals surface area contributed by atoms with E-state index >= 15 is 0 Å². The summed E-state index contributed by atoms with van der Waals surface area (Å²) >= 11 is 0. The average molecular weight is 1020 g/mol. The van der Waals surface area contributed by atoms with Crippen molar-refractivity contribution in [2.45, 2.75) is 309 Å². The zero-order chi connectivity index (χ0) is 52.9. The minimum Gasteiger partial charge on any atom is -0.462 e. The molecule has 0 rings (SSSR count). The lowest BCUT2D eigenvalue weighted by molar-refractivity contribution is -0.167. The van der Waals surface area contributed by atoms with Gasteiger partial charge >= 0.3 is 17.9 Å². The van der Waals surface area contributed by atoms with E-state index in [1.54, 1.807) is 0 Å². The lowest BCUT2D eigenvalue weighted by Gasteiger charge is -2.18. The Labute approximate surface area is 452 Å². The maximum Gasteiger partial charge on any atom is 0.306 e. The number of ether oxygens (including phenoxy) is 3. The van der Waals surface area contributed by atoms with Gasteiger partial charge in [-0.15, -0.1) is 0 Å². The van der Waals surface area contributed by atoms with Crippen LogP contribution < -0.4 is 0 Å². The van der Waals surface area contributed by atoms with Gasteiger partial charge in [-0.25, -0.2) is 0 Å². The van der Waals surface area contributed by atoms with E-state index in [0.29, 0.717) is 19.3 Å². The molecule has 6 heteroatoms. The molecule has 6 nitrogen and oxygen atoms in total. The zero-order valence-corrected chi connectivity index (χ0v) is 48.1. The summed E-state index contributed by atoms with van der Waals surface area (Å²) in [5, 5.41) is 0. The summed E-state index contributed by atoms with van der Waals surface area (Å²) in [7, 11) is 0. The van der Waals surface area contributed by atoms with E-state index in [4.69, 9.17) is 14.2 Å². The predicted molar refractivity (Wildman–Crippen MR) is 316 cm³/mol. The van der Waals surface area contributed by atoms with Crippen molar-refractivity contribution < 1.29 is 28.6 Å². The van der Waals surface area contributed by atoms with Crippen molar-refractivity contribution in [2.75, 3.05) is 13.2 Å². The Morgan fingerprint density at radius 2 is 0.534 bits per heavy atom. The molecule has 1 atom stereocenters. The van der Waals surface area contributed by atoms with Crippen molar-refractivity contribution >= 4 is 17.9 Å². The SMILES string of the molecule is CC/C=C\C/C=C\C/C=C\C/C=C\C/C=C\C/C=C\CCCCCCCCCCC(=O)OCC(COC(=O)CCCCCCC/C=C\CCCCCC)OC(=O)CCCCCCCCCCCCCCCCC. The van der Waals surface area contributed by atoms with E-state index in [1.807, 2.05) is 0 Å². The molecule has 0 fully saturated rings. The second kappa shape index (κ2) is 61.1. The summed E-state index contributed by atoms with van der Waals surface area (Å²) in [4.78, 5) is 38.2. The highest BCUT2D eigenvalue weighted by Crippen LogP contribution is 2.16. The monoisotopic (exact) mass is 1020 g/mol. The van der Waals surface area contributed by atoms with Gasteiger partial charge in [-0.3, -0.25) is 14.4 Å². The first kappa shape index (κ1) is 69.6. The maximum atomic E-state index is 12.9. The average Bonchev–Trinajstić information content (AvgIpc) is 3.39. The Morgan fingerprint density at radius 3 is 0.863 bits per heavy atom. The van der Waals surface area contributed by atoms with E-state index in [1.165, 1.54) is 154 Å². The molecule has 1 unspecified atom stereocenters. The van der Waals surface area contributed by atoms with Gasteiger partial charge < -0.3 is 14.2 Å². The Balaban J connectivity index is 4.30. The quantitative estimate of drug-likeness (QED) is 0.0261. The number of rotatable bonds is 56. The molecule has 73 heavy (non-hydrogen) atoms. The highest BCUT2D eigenvalue weighted by molar-refractivity contribution is 5.71. The van der Waals surface area contributed by atoms with Crippen LogP contribution in [0, 0.1) is 0 Å². The minimum absolute atomic E-state index is 0.0805. The summed E-state index contributed by atoms with van der Waals surface area (Å²) in [5.41, 5.74) is 0. The van der Waals surface area contributed by atoms with Crippen LogP contribution in [0.1, 0.15) is 303 Å². The summed E-state index contributed by atoms with van der Waals surface area (Å²) in [6.45, 7) is 6.52. The fourth-order valence-corrected chi connectivity index (χ4v) is 8.74. The topological polar surface area (TPSA) is 78.9 Å². The number of esters is 3. The van der Waals surface area contributed by atoms with Crippen LogP contribution in [-0.4, -0.2) is 37.2 Å². The number of carbonyl (C=O) groups excluding carboxylic acids is 3. The molecule has 0 amide bonds. The van der Waals surface area contributed by atoms with Gasteiger partial charge in [0.25, 0.3) is 0 Å². The molecule has 0 N–H and O–H groups in total. The molecule has 0 heterocycles. The van der Waals surface area contributed by atoms with Crippen LogP contribution in [0.5, 0.6) is 0 Å². The smallest absolute Gasteiger partial charge is 0.306 e. The van der Waals surface area contributed by atoms with E-state index in [-0.39, 0.29) is 31.1 Å². The van der Waals surface area contributed by atoms with E-state index in [2.05, 4.69) is 106 Å². The second-order valence-electron chi connectivity index (χ2n) is 20.6. The molecule has 0 saturated heterocycles. The van der Waals surface area contributed by atoms with Gasteiger partial charge in [0.05, 0.1) is 0 Å². The first-order valence-electron chi connectivity index (χ1n) is 31.1. The van der Waals surface area contributed by atoms with Crippen molar-refractivity contribution in [1.82, 2.24) is 0 Å². The van der Waals surface area contributed by atoms with Gasteiger partial charge in [0, 0.05) is 19.3 Å². The number of allylic oxidation sites excluding steroid dienone is 14. The fourth-order valence-electron chi connectivity index (χ4n) is 8.74. The van der Waals surface area contributed by atoms with Gasteiger partial charge in [-0.05, 0) is 96.3 Å². The van der Waals surface area contributed by atoms with Gasteiger partial charge in [-0.1, -0.05) is 273 Å². The number of carbonyl (C=O) groups is 3. The van der Waals surface area contributed by atoms with E-state index < -0.39 is 6.10 Å². The molecular weight excluding hydrogens is 901 g/mol. The van der Waals surface area contributed by atoms with Crippen LogP contribution in [0.3, 0.4) is 0 Å². The molecule has 0 aliphatic heterocycles. The Kier molecular flexibility index (Phi) is 58.3. The molecule has 420 valence electrons. The number of hydrogen-bond donors (Lipinski definition) is 0. The van der Waals surface area contributed by atoms with Gasteiger partial charge in [0.15, 0.2) is 6.10 Å². The van der Waals surface area contributed by atoms with Crippen LogP contribution in [0.15, 0.2) is 85.1 Å². The van der Waals surface area contributed by atoms with Crippen molar-refractivity contribution in [2.24, 2.45) is 0 Å². The largest absolute Gasteiger partial charge is 0.462 e. The summed E-state index contributed by atoms with van der Waals surface area (Å²) in [6, 6.07) is 0. The minimum atomic E-state index is -0.782. The lowest BCUT2D eigenvalue weighted by atomic mass is 10.0. The molecule has 0 aliphatic carbocycles. The number of unbranched alkanes of at least 4 members (excludes halogenated alkanes) is 31. The Hall–Kier alpha value is -3.41. The molecule has 0 bridgehead atoms. The Bertz CT molecular complexity index is 1400. The second-order valence-corrected chi connectivity index (χ2v) is 20.6. The van der Waals surface area contributed by atoms with Crippen molar-refractivity contribution in [1.29, 1.82) is 0 Å². The molecule has 0 aliphatic rings. The van der Waals surface area contributed by atoms with Crippen LogP contribution in [0.25, 0.3) is 0 Å². The lowest BCUT2D eigenvalue weighted by Crippen LogP contribution is -2.30. The maximum absolute atomic E-state index is 12.9. The van der Waals surface area contributed by atoms with Crippen LogP contribution >= 0.6 is 0 Å². The molecule has 0 aromatic carbocycles. The van der Waals surface area contributed by atoms with Crippen LogP contribution in [0.2, 0.25) is 0 Å².